The quantitative estimate of drug-likeness (QED) is 0.838. The second kappa shape index (κ2) is 7.20. The molecule has 2 N–H and O–H groups in total. The Morgan fingerprint density at radius 3 is 2.41 bits per heavy atom. The smallest absolute Gasteiger partial charge is 0.317 e. The van der Waals surface area contributed by atoms with Crippen LogP contribution in [0.2, 0.25) is 0 Å². The first-order chi connectivity index (χ1) is 10.7. The van der Waals surface area contributed by atoms with Gasteiger partial charge in [0.2, 0.25) is 0 Å². The normalized spacial score (nSPS) is 35.9. The average molecular weight is 308 g/mol. The lowest BCUT2D eigenvalue weighted by molar-refractivity contribution is 0.133. The van der Waals surface area contributed by atoms with Gasteiger partial charge >= 0.3 is 6.03 Å². The molecule has 0 saturated heterocycles. The molecule has 3 fully saturated rings. The lowest BCUT2D eigenvalue weighted by Crippen LogP contribution is -2.46. The van der Waals surface area contributed by atoms with E-state index in [-0.39, 0.29) is 6.03 Å². The van der Waals surface area contributed by atoms with Gasteiger partial charge in [0.25, 0.3) is 0 Å². The van der Waals surface area contributed by atoms with Gasteiger partial charge in [-0.25, -0.2) is 4.79 Å². The number of aliphatic hydroxyl groups is 1. The summed E-state index contributed by atoms with van der Waals surface area (Å²) in [4.78, 5) is 14.4. The Balaban J connectivity index is 1.40. The monoisotopic (exact) mass is 308 g/mol. The molecule has 0 heterocycles. The van der Waals surface area contributed by atoms with Crippen molar-refractivity contribution >= 4 is 6.03 Å². The molecule has 2 unspecified atom stereocenters. The summed E-state index contributed by atoms with van der Waals surface area (Å²) in [5.41, 5.74) is 0. The Morgan fingerprint density at radius 2 is 1.77 bits per heavy atom. The number of urea groups is 1. The lowest BCUT2D eigenvalue weighted by atomic mass is 9.85. The fourth-order valence-electron chi connectivity index (χ4n) is 4.60. The molecule has 4 heteroatoms. The van der Waals surface area contributed by atoms with E-state index in [1.165, 1.54) is 38.5 Å². The molecule has 0 radical (unpaired) electrons. The molecule has 0 aliphatic heterocycles. The second-order valence-corrected chi connectivity index (χ2v) is 7.82. The van der Waals surface area contributed by atoms with Crippen LogP contribution in [0.3, 0.4) is 0 Å². The third-order valence-electron chi connectivity index (χ3n) is 6.35. The van der Waals surface area contributed by atoms with Gasteiger partial charge in [-0.3, -0.25) is 0 Å². The molecule has 3 saturated carbocycles. The van der Waals surface area contributed by atoms with Crippen molar-refractivity contribution in [2.24, 2.45) is 17.8 Å². The summed E-state index contributed by atoms with van der Waals surface area (Å²) in [7, 11) is 1.94. The Morgan fingerprint density at radius 1 is 1.09 bits per heavy atom. The summed E-state index contributed by atoms with van der Waals surface area (Å²) >= 11 is 0. The number of nitrogens with zero attached hydrogens (tertiary/aromatic N) is 1. The minimum Gasteiger partial charge on any atom is -0.396 e. The average Bonchev–Trinajstić information content (AvgIpc) is 3.34. The van der Waals surface area contributed by atoms with Crippen molar-refractivity contribution in [2.75, 3.05) is 13.7 Å². The molecule has 0 spiro atoms. The standard InChI is InChI=1S/C18H32N2O2/c1-20(15-9-7-13(12-21)8-10-15)18(22)19-17-11-16(17)14-5-3-2-4-6-14/h13-17,21H,2-12H2,1H3,(H,19,22). The van der Waals surface area contributed by atoms with Gasteiger partial charge in [-0.2, -0.15) is 0 Å². The molecule has 126 valence electrons. The lowest BCUT2D eigenvalue weighted by Gasteiger charge is -2.34. The Hall–Kier alpha value is -0.770. The van der Waals surface area contributed by atoms with Crippen LogP contribution in [0.4, 0.5) is 4.79 Å². The zero-order chi connectivity index (χ0) is 15.5. The van der Waals surface area contributed by atoms with E-state index in [1.807, 2.05) is 11.9 Å². The van der Waals surface area contributed by atoms with E-state index in [0.29, 0.717) is 24.6 Å². The highest BCUT2D eigenvalue weighted by Crippen LogP contribution is 2.44. The summed E-state index contributed by atoms with van der Waals surface area (Å²) in [6.45, 7) is 0.299. The van der Waals surface area contributed by atoms with Crippen LogP contribution in [0.25, 0.3) is 0 Å². The fourth-order valence-corrected chi connectivity index (χ4v) is 4.60. The second-order valence-electron chi connectivity index (χ2n) is 7.82. The molecule has 3 aliphatic carbocycles. The van der Waals surface area contributed by atoms with E-state index in [1.54, 1.807) is 0 Å². The highest BCUT2D eigenvalue weighted by molar-refractivity contribution is 5.75. The van der Waals surface area contributed by atoms with E-state index in [2.05, 4.69) is 5.32 Å². The van der Waals surface area contributed by atoms with Crippen molar-refractivity contribution in [2.45, 2.75) is 76.3 Å². The minimum absolute atomic E-state index is 0.121. The minimum atomic E-state index is 0.121. The number of carbonyl (C=O) groups excluding carboxylic acids is 1. The molecule has 3 aliphatic rings. The predicted octanol–water partition coefficient (Wildman–Crippen LogP) is 3.15. The molecule has 4 nitrogen and oxygen atoms in total. The fraction of sp³-hybridized carbons (Fsp3) is 0.944. The van der Waals surface area contributed by atoms with Crippen LogP contribution >= 0.6 is 0 Å². The van der Waals surface area contributed by atoms with E-state index >= 15 is 0 Å². The Kier molecular flexibility index (Phi) is 5.27. The summed E-state index contributed by atoms with van der Waals surface area (Å²) in [5, 5.41) is 12.5. The summed E-state index contributed by atoms with van der Waals surface area (Å²) in [6, 6.07) is 0.914. The molecule has 3 rings (SSSR count). The Labute approximate surface area is 134 Å². The van der Waals surface area contributed by atoms with E-state index in [9.17, 15) is 9.90 Å². The number of amides is 2. The summed E-state index contributed by atoms with van der Waals surface area (Å²) in [6.07, 6.45) is 12.3. The number of hydrogen-bond acceptors (Lipinski definition) is 2. The van der Waals surface area contributed by atoms with Crippen LogP contribution in [0.5, 0.6) is 0 Å². The van der Waals surface area contributed by atoms with Crippen LogP contribution in [-0.2, 0) is 0 Å². The first-order valence-corrected chi connectivity index (χ1v) is 9.33. The number of aliphatic hydroxyl groups excluding tert-OH is 1. The van der Waals surface area contributed by atoms with Crippen molar-refractivity contribution in [1.82, 2.24) is 10.2 Å². The molecule has 0 bridgehead atoms. The number of nitrogens with one attached hydrogen (secondary N) is 1. The topological polar surface area (TPSA) is 52.6 Å². The van der Waals surface area contributed by atoms with Crippen molar-refractivity contribution in [3.63, 3.8) is 0 Å². The number of hydrogen-bond donors (Lipinski definition) is 2. The van der Waals surface area contributed by atoms with Crippen LogP contribution in [0, 0.1) is 17.8 Å². The first-order valence-electron chi connectivity index (χ1n) is 9.33. The maximum atomic E-state index is 12.4. The van der Waals surface area contributed by atoms with Gasteiger partial charge in [0, 0.05) is 25.7 Å². The van der Waals surface area contributed by atoms with Gasteiger partial charge in [0.15, 0.2) is 0 Å². The van der Waals surface area contributed by atoms with E-state index in [0.717, 1.165) is 37.5 Å². The van der Waals surface area contributed by atoms with Crippen LogP contribution in [-0.4, -0.2) is 41.8 Å². The summed E-state index contributed by atoms with van der Waals surface area (Å²) < 4.78 is 0. The molecule has 0 aromatic carbocycles. The maximum absolute atomic E-state index is 12.4. The van der Waals surface area contributed by atoms with Crippen molar-refractivity contribution in [3.8, 4) is 0 Å². The zero-order valence-corrected chi connectivity index (χ0v) is 14.0. The molecular weight excluding hydrogens is 276 g/mol. The molecule has 2 atom stereocenters. The SMILES string of the molecule is CN(C(=O)NC1CC1C1CCCCC1)C1CCC(CO)CC1. The third-order valence-corrected chi connectivity index (χ3v) is 6.35. The van der Waals surface area contributed by atoms with Gasteiger partial charge in [-0.1, -0.05) is 32.1 Å². The molecule has 22 heavy (non-hydrogen) atoms. The first kappa shape index (κ1) is 16.1. The van der Waals surface area contributed by atoms with Gasteiger partial charge in [0.05, 0.1) is 0 Å². The highest BCUT2D eigenvalue weighted by atomic mass is 16.3. The highest BCUT2D eigenvalue weighted by Gasteiger charge is 2.44. The van der Waals surface area contributed by atoms with E-state index in [4.69, 9.17) is 0 Å². The zero-order valence-electron chi connectivity index (χ0n) is 14.0. The van der Waals surface area contributed by atoms with Gasteiger partial charge in [0.1, 0.15) is 0 Å². The van der Waals surface area contributed by atoms with Gasteiger partial charge in [-0.15, -0.1) is 0 Å². The molecule has 2 amide bonds. The van der Waals surface area contributed by atoms with Crippen LogP contribution in [0.1, 0.15) is 64.2 Å². The van der Waals surface area contributed by atoms with Crippen molar-refractivity contribution < 1.29 is 9.90 Å². The number of carbonyl (C=O) groups is 1. The largest absolute Gasteiger partial charge is 0.396 e. The molecule has 0 aromatic heterocycles. The van der Waals surface area contributed by atoms with Crippen LogP contribution < -0.4 is 5.32 Å². The molecule has 0 aromatic rings. The third kappa shape index (κ3) is 3.76. The van der Waals surface area contributed by atoms with Crippen molar-refractivity contribution in [1.29, 1.82) is 0 Å². The van der Waals surface area contributed by atoms with Gasteiger partial charge in [-0.05, 0) is 49.9 Å². The number of rotatable bonds is 4. The van der Waals surface area contributed by atoms with E-state index < -0.39 is 0 Å². The van der Waals surface area contributed by atoms with Crippen molar-refractivity contribution in [3.05, 3.63) is 0 Å². The summed E-state index contributed by atoms with van der Waals surface area (Å²) in [5.74, 6) is 2.07. The Bertz CT molecular complexity index is 373. The van der Waals surface area contributed by atoms with Crippen LogP contribution in [0.15, 0.2) is 0 Å². The predicted molar refractivity (Wildman–Crippen MR) is 87.6 cm³/mol. The van der Waals surface area contributed by atoms with Gasteiger partial charge < -0.3 is 15.3 Å². The molecular formula is C18H32N2O2. The maximum Gasteiger partial charge on any atom is 0.317 e.